The SMILES string of the molecule is CCNC(C#N)(COc1cccc(C)c1C)C1CC1. The fourth-order valence-corrected chi connectivity index (χ4v) is 2.44. The highest BCUT2D eigenvalue weighted by atomic mass is 16.5. The van der Waals surface area contributed by atoms with E-state index in [0.29, 0.717) is 12.5 Å². The number of rotatable bonds is 6. The maximum atomic E-state index is 9.53. The number of nitriles is 1. The summed E-state index contributed by atoms with van der Waals surface area (Å²) >= 11 is 0. The van der Waals surface area contributed by atoms with E-state index in [1.807, 2.05) is 19.1 Å². The van der Waals surface area contributed by atoms with Gasteiger partial charge in [-0.2, -0.15) is 5.26 Å². The van der Waals surface area contributed by atoms with Gasteiger partial charge in [0.25, 0.3) is 0 Å². The summed E-state index contributed by atoms with van der Waals surface area (Å²) in [5, 5.41) is 12.9. The van der Waals surface area contributed by atoms with Crippen LogP contribution < -0.4 is 10.1 Å². The van der Waals surface area contributed by atoms with Crippen molar-refractivity contribution < 1.29 is 4.74 Å². The molecule has 19 heavy (non-hydrogen) atoms. The summed E-state index contributed by atoms with van der Waals surface area (Å²) in [6.07, 6.45) is 2.24. The lowest BCUT2D eigenvalue weighted by Gasteiger charge is -2.28. The third-order valence-corrected chi connectivity index (χ3v) is 3.98. The highest BCUT2D eigenvalue weighted by molar-refractivity contribution is 5.38. The van der Waals surface area contributed by atoms with Crippen LogP contribution in [0, 0.1) is 31.1 Å². The molecule has 1 aromatic rings. The van der Waals surface area contributed by atoms with Crippen molar-refractivity contribution in [1.29, 1.82) is 5.26 Å². The van der Waals surface area contributed by atoms with Crippen LogP contribution in [0.2, 0.25) is 0 Å². The molecule has 3 heteroatoms. The zero-order valence-corrected chi connectivity index (χ0v) is 12.0. The summed E-state index contributed by atoms with van der Waals surface area (Å²) in [4.78, 5) is 0. The van der Waals surface area contributed by atoms with Crippen LogP contribution in [0.1, 0.15) is 30.9 Å². The molecular weight excluding hydrogens is 236 g/mol. The zero-order valence-electron chi connectivity index (χ0n) is 12.0. The summed E-state index contributed by atoms with van der Waals surface area (Å²) < 4.78 is 5.94. The molecule has 3 nitrogen and oxygen atoms in total. The quantitative estimate of drug-likeness (QED) is 0.853. The second-order valence-corrected chi connectivity index (χ2v) is 5.37. The molecule has 0 saturated heterocycles. The summed E-state index contributed by atoms with van der Waals surface area (Å²) in [6, 6.07) is 8.49. The second-order valence-electron chi connectivity index (χ2n) is 5.37. The van der Waals surface area contributed by atoms with E-state index in [9.17, 15) is 5.26 Å². The van der Waals surface area contributed by atoms with Gasteiger partial charge in [0.2, 0.25) is 0 Å². The molecule has 102 valence electrons. The van der Waals surface area contributed by atoms with Crippen molar-refractivity contribution in [2.45, 2.75) is 39.2 Å². The Morgan fingerprint density at radius 2 is 2.16 bits per heavy atom. The number of hydrogen-bond donors (Lipinski definition) is 1. The molecule has 1 aromatic carbocycles. The summed E-state index contributed by atoms with van der Waals surface area (Å²) in [5.41, 5.74) is 1.85. The smallest absolute Gasteiger partial charge is 0.143 e. The molecular formula is C16H22N2O. The van der Waals surface area contributed by atoms with E-state index in [0.717, 1.165) is 30.7 Å². The summed E-state index contributed by atoms with van der Waals surface area (Å²) in [5.74, 6) is 1.32. The van der Waals surface area contributed by atoms with Crippen LogP contribution in [0.25, 0.3) is 0 Å². The number of nitrogens with one attached hydrogen (secondary N) is 1. The highest BCUT2D eigenvalue weighted by Crippen LogP contribution is 2.40. The van der Waals surface area contributed by atoms with Gasteiger partial charge in [-0.1, -0.05) is 19.1 Å². The van der Waals surface area contributed by atoms with Crippen molar-refractivity contribution in [1.82, 2.24) is 5.32 Å². The summed E-state index contributed by atoms with van der Waals surface area (Å²) in [7, 11) is 0. The number of ether oxygens (including phenoxy) is 1. The first-order valence-electron chi connectivity index (χ1n) is 6.98. The van der Waals surface area contributed by atoms with Crippen molar-refractivity contribution in [3.63, 3.8) is 0 Å². The number of nitrogens with zero attached hydrogens (tertiary/aromatic N) is 1. The molecule has 2 rings (SSSR count). The van der Waals surface area contributed by atoms with Crippen LogP contribution in [0.5, 0.6) is 5.75 Å². The van der Waals surface area contributed by atoms with Crippen molar-refractivity contribution in [3.05, 3.63) is 29.3 Å². The maximum absolute atomic E-state index is 9.53. The average molecular weight is 258 g/mol. The molecule has 1 N–H and O–H groups in total. The van der Waals surface area contributed by atoms with Crippen LogP contribution in [-0.4, -0.2) is 18.7 Å². The van der Waals surface area contributed by atoms with E-state index < -0.39 is 5.54 Å². The molecule has 0 radical (unpaired) electrons. The minimum absolute atomic E-state index is 0.423. The molecule has 0 aromatic heterocycles. The standard InChI is InChI=1S/C16H22N2O/c1-4-18-16(10-17,14-8-9-14)11-19-15-7-5-6-12(2)13(15)3/h5-7,14,18H,4,8-9,11H2,1-3H3. The minimum atomic E-state index is -0.523. The minimum Gasteiger partial charge on any atom is -0.490 e. The fraction of sp³-hybridized carbons (Fsp3) is 0.562. The Labute approximate surface area is 115 Å². The van der Waals surface area contributed by atoms with Crippen LogP contribution in [0.15, 0.2) is 18.2 Å². The highest BCUT2D eigenvalue weighted by Gasteiger charge is 2.46. The first-order valence-corrected chi connectivity index (χ1v) is 6.98. The molecule has 1 aliphatic rings. The average Bonchev–Trinajstić information content (AvgIpc) is 3.24. The van der Waals surface area contributed by atoms with Crippen molar-refractivity contribution in [2.75, 3.05) is 13.2 Å². The largest absolute Gasteiger partial charge is 0.490 e. The van der Waals surface area contributed by atoms with E-state index >= 15 is 0 Å². The van der Waals surface area contributed by atoms with Crippen LogP contribution in [0.4, 0.5) is 0 Å². The second kappa shape index (κ2) is 5.63. The Morgan fingerprint density at radius 1 is 1.42 bits per heavy atom. The summed E-state index contributed by atoms with van der Waals surface area (Å²) in [6.45, 7) is 7.38. The van der Waals surface area contributed by atoms with Gasteiger partial charge < -0.3 is 4.74 Å². The van der Waals surface area contributed by atoms with Crippen LogP contribution in [-0.2, 0) is 0 Å². The molecule has 0 bridgehead atoms. The van der Waals surface area contributed by atoms with Gasteiger partial charge in [-0.3, -0.25) is 5.32 Å². The zero-order chi connectivity index (χ0) is 13.9. The molecule has 1 fully saturated rings. The topological polar surface area (TPSA) is 45.0 Å². The number of hydrogen-bond acceptors (Lipinski definition) is 3. The van der Waals surface area contributed by atoms with Crippen molar-refractivity contribution in [3.8, 4) is 11.8 Å². The van der Waals surface area contributed by atoms with E-state index in [2.05, 4.69) is 31.3 Å². The first kappa shape index (κ1) is 13.9. The third-order valence-electron chi connectivity index (χ3n) is 3.98. The number of benzene rings is 1. The first-order chi connectivity index (χ1) is 9.13. The predicted molar refractivity (Wildman–Crippen MR) is 76.2 cm³/mol. The van der Waals surface area contributed by atoms with E-state index in [1.54, 1.807) is 0 Å². The Kier molecular flexibility index (Phi) is 4.11. The van der Waals surface area contributed by atoms with E-state index in [-0.39, 0.29) is 0 Å². The van der Waals surface area contributed by atoms with Gasteiger partial charge in [0.1, 0.15) is 17.9 Å². The van der Waals surface area contributed by atoms with E-state index in [4.69, 9.17) is 4.74 Å². The molecule has 1 unspecified atom stereocenters. The van der Waals surface area contributed by atoms with Crippen molar-refractivity contribution >= 4 is 0 Å². The van der Waals surface area contributed by atoms with Gasteiger partial charge in [0.05, 0.1) is 6.07 Å². The van der Waals surface area contributed by atoms with Gasteiger partial charge in [-0.25, -0.2) is 0 Å². The normalized spacial score (nSPS) is 17.6. The monoisotopic (exact) mass is 258 g/mol. The fourth-order valence-electron chi connectivity index (χ4n) is 2.44. The molecule has 0 spiro atoms. The molecule has 0 amide bonds. The lowest BCUT2D eigenvalue weighted by molar-refractivity contribution is 0.203. The Hall–Kier alpha value is -1.53. The van der Waals surface area contributed by atoms with Gasteiger partial charge in [-0.15, -0.1) is 0 Å². The molecule has 1 aliphatic carbocycles. The lowest BCUT2D eigenvalue weighted by Crippen LogP contribution is -2.50. The third kappa shape index (κ3) is 2.90. The van der Waals surface area contributed by atoms with Gasteiger partial charge >= 0.3 is 0 Å². The molecule has 0 heterocycles. The van der Waals surface area contributed by atoms with Crippen LogP contribution >= 0.6 is 0 Å². The van der Waals surface area contributed by atoms with Crippen molar-refractivity contribution in [2.24, 2.45) is 5.92 Å². The van der Waals surface area contributed by atoms with Gasteiger partial charge in [0, 0.05) is 0 Å². The molecule has 1 atom stereocenters. The Balaban J connectivity index is 2.11. The number of likely N-dealkylation sites (N-methyl/N-ethyl adjacent to an activating group) is 1. The van der Waals surface area contributed by atoms with Gasteiger partial charge in [-0.05, 0) is 56.3 Å². The Morgan fingerprint density at radius 3 is 2.74 bits per heavy atom. The lowest BCUT2D eigenvalue weighted by atomic mass is 9.96. The van der Waals surface area contributed by atoms with E-state index in [1.165, 1.54) is 5.56 Å². The molecule has 1 saturated carbocycles. The van der Waals surface area contributed by atoms with Gasteiger partial charge in [0.15, 0.2) is 0 Å². The van der Waals surface area contributed by atoms with Crippen LogP contribution in [0.3, 0.4) is 0 Å². The Bertz CT molecular complexity index is 488. The predicted octanol–water partition coefficient (Wildman–Crippen LogP) is 2.96. The number of aryl methyl sites for hydroxylation is 1. The maximum Gasteiger partial charge on any atom is 0.143 e. The molecule has 0 aliphatic heterocycles.